The fourth-order valence-corrected chi connectivity index (χ4v) is 4.31. The van der Waals surface area contributed by atoms with Gasteiger partial charge in [0.15, 0.2) is 0 Å². The Morgan fingerprint density at radius 1 is 1.11 bits per heavy atom. The minimum Gasteiger partial charge on any atom is -0.369 e. The van der Waals surface area contributed by atoms with E-state index in [0.717, 1.165) is 50.4 Å². The molecule has 0 aliphatic carbocycles. The van der Waals surface area contributed by atoms with Gasteiger partial charge in [0.1, 0.15) is 5.54 Å². The lowest BCUT2D eigenvalue weighted by Crippen LogP contribution is -2.62. The summed E-state index contributed by atoms with van der Waals surface area (Å²) in [5, 5.41) is 3.63. The second-order valence-corrected chi connectivity index (χ2v) is 9.31. The van der Waals surface area contributed by atoms with Crippen molar-refractivity contribution in [3.05, 3.63) is 54.4 Å². The Balaban J connectivity index is 1.54. The van der Waals surface area contributed by atoms with Crippen LogP contribution in [0, 0.1) is 5.41 Å². The van der Waals surface area contributed by atoms with E-state index in [4.69, 9.17) is 0 Å². The highest BCUT2D eigenvalue weighted by Crippen LogP contribution is 2.41. The van der Waals surface area contributed by atoms with Crippen LogP contribution in [0.5, 0.6) is 0 Å². The minimum atomic E-state index is -0.495. The number of anilines is 2. The van der Waals surface area contributed by atoms with Crippen LogP contribution in [0.4, 0.5) is 11.4 Å². The molecule has 1 spiro atoms. The predicted octanol–water partition coefficient (Wildman–Crippen LogP) is 3.92. The van der Waals surface area contributed by atoms with Gasteiger partial charge in [-0.1, -0.05) is 39.0 Å². The molecule has 1 aromatic heterocycles. The van der Waals surface area contributed by atoms with Crippen molar-refractivity contribution in [3.63, 3.8) is 0 Å². The normalized spacial score (nSPS) is 19.4. The molecule has 1 amide bonds. The number of nitrogens with zero attached hydrogens (tertiary/aromatic N) is 3. The molecule has 28 heavy (non-hydrogen) atoms. The summed E-state index contributed by atoms with van der Waals surface area (Å²) in [6.07, 6.45) is 5.37. The molecule has 5 heteroatoms. The summed E-state index contributed by atoms with van der Waals surface area (Å²) in [4.78, 5) is 22.3. The van der Waals surface area contributed by atoms with E-state index in [0.29, 0.717) is 0 Å². The number of hydrogen-bond acceptors (Lipinski definition) is 4. The van der Waals surface area contributed by atoms with E-state index in [2.05, 4.69) is 54.2 Å². The van der Waals surface area contributed by atoms with Gasteiger partial charge in [-0.25, -0.2) is 0 Å². The van der Waals surface area contributed by atoms with Crippen LogP contribution in [-0.4, -0.2) is 41.0 Å². The van der Waals surface area contributed by atoms with E-state index in [1.165, 1.54) is 5.56 Å². The first-order valence-electron chi connectivity index (χ1n) is 10.2. The number of carbonyl (C=O) groups excluding carboxylic acids is 1. The fraction of sp³-hybridized carbons (Fsp3) is 0.478. The SMILES string of the molecule is CC(C)(C)CN1C(=O)C2(CCN(Cc3cccnc3)CC2)Nc2ccccc21. The van der Waals surface area contributed by atoms with E-state index in [9.17, 15) is 4.79 Å². The molecule has 5 nitrogen and oxygen atoms in total. The summed E-state index contributed by atoms with van der Waals surface area (Å²) < 4.78 is 0. The number of piperidine rings is 1. The Labute approximate surface area is 167 Å². The zero-order valence-corrected chi connectivity index (χ0v) is 17.1. The number of benzene rings is 1. The number of amides is 1. The molecular formula is C23H30N4O. The molecule has 1 saturated heterocycles. The first-order valence-corrected chi connectivity index (χ1v) is 10.2. The molecule has 4 rings (SSSR count). The van der Waals surface area contributed by atoms with Gasteiger partial charge in [0.2, 0.25) is 0 Å². The van der Waals surface area contributed by atoms with E-state index in [-0.39, 0.29) is 11.3 Å². The van der Waals surface area contributed by atoms with Crippen LogP contribution < -0.4 is 10.2 Å². The highest BCUT2D eigenvalue weighted by atomic mass is 16.2. The lowest BCUT2D eigenvalue weighted by molar-refractivity contribution is -0.125. The number of nitrogens with one attached hydrogen (secondary N) is 1. The summed E-state index contributed by atoms with van der Waals surface area (Å²) in [5.74, 6) is 0.224. The lowest BCUT2D eigenvalue weighted by Gasteiger charge is -2.49. The van der Waals surface area contributed by atoms with Gasteiger partial charge < -0.3 is 10.2 Å². The van der Waals surface area contributed by atoms with Gasteiger partial charge in [0.05, 0.1) is 11.4 Å². The quantitative estimate of drug-likeness (QED) is 0.879. The Morgan fingerprint density at radius 3 is 2.54 bits per heavy atom. The number of pyridine rings is 1. The predicted molar refractivity (Wildman–Crippen MR) is 113 cm³/mol. The van der Waals surface area contributed by atoms with Crippen LogP contribution in [0.25, 0.3) is 0 Å². The Morgan fingerprint density at radius 2 is 1.86 bits per heavy atom. The van der Waals surface area contributed by atoms with Crippen LogP contribution in [0.15, 0.2) is 48.8 Å². The van der Waals surface area contributed by atoms with Crippen molar-refractivity contribution >= 4 is 17.3 Å². The van der Waals surface area contributed by atoms with Crippen LogP contribution in [0.3, 0.4) is 0 Å². The van der Waals surface area contributed by atoms with Crippen molar-refractivity contribution in [1.29, 1.82) is 0 Å². The lowest BCUT2D eigenvalue weighted by atomic mass is 9.82. The summed E-state index contributed by atoms with van der Waals surface area (Å²) in [7, 11) is 0. The zero-order chi connectivity index (χ0) is 19.8. The van der Waals surface area contributed by atoms with Gasteiger partial charge in [0, 0.05) is 38.6 Å². The number of fused-ring (bicyclic) bond motifs is 1. The van der Waals surface area contributed by atoms with E-state index >= 15 is 0 Å². The van der Waals surface area contributed by atoms with Crippen LogP contribution in [0.2, 0.25) is 0 Å². The summed E-state index contributed by atoms with van der Waals surface area (Å²) in [5.41, 5.74) is 2.85. The third kappa shape index (κ3) is 3.76. The molecule has 2 aliphatic heterocycles. The standard InChI is InChI=1S/C23H30N4O/c1-22(2,3)17-27-20-9-5-4-8-19(20)25-23(21(27)28)10-13-26(14-11-23)16-18-7-6-12-24-15-18/h4-9,12,15,25H,10-11,13-14,16-17H2,1-3H3. The van der Waals surface area contributed by atoms with Crippen LogP contribution in [-0.2, 0) is 11.3 Å². The average molecular weight is 379 g/mol. The highest BCUT2D eigenvalue weighted by Gasteiger charge is 2.48. The van der Waals surface area contributed by atoms with E-state index in [1.807, 2.05) is 29.3 Å². The molecule has 1 aromatic carbocycles. The summed E-state index contributed by atoms with van der Waals surface area (Å²) in [6.45, 7) is 9.99. The van der Waals surface area contributed by atoms with Gasteiger partial charge >= 0.3 is 0 Å². The van der Waals surface area contributed by atoms with Crippen molar-refractivity contribution < 1.29 is 4.79 Å². The van der Waals surface area contributed by atoms with Crippen molar-refractivity contribution in [2.75, 3.05) is 29.9 Å². The van der Waals surface area contributed by atoms with Crippen molar-refractivity contribution in [3.8, 4) is 0 Å². The number of carbonyl (C=O) groups is 1. The molecule has 0 atom stereocenters. The molecule has 0 saturated carbocycles. The van der Waals surface area contributed by atoms with Crippen LogP contribution >= 0.6 is 0 Å². The Bertz CT molecular complexity index is 835. The number of rotatable bonds is 3. The molecule has 0 unspecified atom stereocenters. The Hall–Kier alpha value is -2.40. The molecule has 1 N–H and O–H groups in total. The molecule has 2 aliphatic rings. The topological polar surface area (TPSA) is 48.5 Å². The molecule has 0 bridgehead atoms. The average Bonchev–Trinajstić information content (AvgIpc) is 2.67. The van der Waals surface area contributed by atoms with Gasteiger partial charge in [-0.05, 0) is 42.0 Å². The molecule has 0 radical (unpaired) electrons. The highest BCUT2D eigenvalue weighted by molar-refractivity contribution is 6.08. The molecule has 3 heterocycles. The third-order valence-corrected chi connectivity index (χ3v) is 5.69. The maximum atomic E-state index is 13.6. The first kappa shape index (κ1) is 18.9. The van der Waals surface area contributed by atoms with Crippen LogP contribution in [0.1, 0.15) is 39.2 Å². The third-order valence-electron chi connectivity index (χ3n) is 5.69. The fourth-order valence-electron chi connectivity index (χ4n) is 4.31. The summed E-state index contributed by atoms with van der Waals surface area (Å²) in [6, 6.07) is 12.3. The van der Waals surface area contributed by atoms with Crippen molar-refractivity contribution in [2.24, 2.45) is 5.41 Å². The van der Waals surface area contributed by atoms with Gasteiger partial charge in [0.25, 0.3) is 5.91 Å². The Kier molecular flexibility index (Phi) is 4.88. The second kappa shape index (κ2) is 7.21. The van der Waals surface area contributed by atoms with E-state index in [1.54, 1.807) is 6.20 Å². The maximum absolute atomic E-state index is 13.6. The molecule has 148 valence electrons. The van der Waals surface area contributed by atoms with Gasteiger partial charge in [-0.15, -0.1) is 0 Å². The second-order valence-electron chi connectivity index (χ2n) is 9.31. The number of likely N-dealkylation sites (tertiary alicyclic amines) is 1. The monoisotopic (exact) mass is 378 g/mol. The smallest absolute Gasteiger partial charge is 0.252 e. The number of para-hydroxylation sites is 2. The number of aromatic nitrogens is 1. The molecule has 2 aromatic rings. The molecule has 1 fully saturated rings. The largest absolute Gasteiger partial charge is 0.369 e. The van der Waals surface area contributed by atoms with Gasteiger partial charge in [-0.2, -0.15) is 0 Å². The molecular weight excluding hydrogens is 348 g/mol. The zero-order valence-electron chi connectivity index (χ0n) is 17.1. The minimum absolute atomic E-state index is 0.0440. The summed E-state index contributed by atoms with van der Waals surface area (Å²) >= 11 is 0. The maximum Gasteiger partial charge on any atom is 0.252 e. The number of hydrogen-bond donors (Lipinski definition) is 1. The van der Waals surface area contributed by atoms with E-state index < -0.39 is 5.54 Å². The van der Waals surface area contributed by atoms with Gasteiger partial charge in [-0.3, -0.25) is 14.7 Å². The van der Waals surface area contributed by atoms with Crippen molar-refractivity contribution in [2.45, 2.75) is 45.7 Å². The first-order chi connectivity index (χ1) is 13.4. The van der Waals surface area contributed by atoms with Crippen molar-refractivity contribution in [1.82, 2.24) is 9.88 Å².